The zero-order valence-corrected chi connectivity index (χ0v) is 12.8. The topological polar surface area (TPSA) is 33.7 Å². The van der Waals surface area contributed by atoms with Crippen LogP contribution in [-0.4, -0.2) is 62.5 Å². The molecule has 3 atom stereocenters. The van der Waals surface area contributed by atoms with Crippen molar-refractivity contribution < 1.29 is 9.47 Å². The molecule has 1 rings (SSSR count). The standard InChI is InChI=1S/C14H30N2O2/c1-7-11(8-15-14(2,3)4)16-9-12(17-5)13(10-16)18-6/h11-13,15H,7-10H2,1-6H3. The average Bonchev–Trinajstić information content (AvgIpc) is 2.71. The SMILES string of the molecule is CCC(CNC(C)(C)C)N1CC(OC)C(OC)C1. The van der Waals surface area contributed by atoms with E-state index < -0.39 is 0 Å². The first-order chi connectivity index (χ1) is 8.41. The van der Waals surface area contributed by atoms with Crippen molar-refractivity contribution in [2.45, 2.75) is 57.9 Å². The molecule has 3 unspecified atom stereocenters. The summed E-state index contributed by atoms with van der Waals surface area (Å²) in [5.41, 5.74) is 0.175. The highest BCUT2D eigenvalue weighted by atomic mass is 16.5. The van der Waals surface area contributed by atoms with Gasteiger partial charge in [-0.15, -0.1) is 0 Å². The molecule has 0 radical (unpaired) electrons. The number of hydrogen-bond acceptors (Lipinski definition) is 4. The van der Waals surface area contributed by atoms with Gasteiger partial charge in [0.1, 0.15) is 0 Å². The largest absolute Gasteiger partial charge is 0.377 e. The minimum atomic E-state index is 0.175. The van der Waals surface area contributed by atoms with Gasteiger partial charge in [0, 0.05) is 45.4 Å². The zero-order chi connectivity index (χ0) is 13.8. The second kappa shape index (κ2) is 6.85. The monoisotopic (exact) mass is 258 g/mol. The van der Waals surface area contributed by atoms with Gasteiger partial charge in [0.15, 0.2) is 0 Å². The average molecular weight is 258 g/mol. The number of methoxy groups -OCH3 is 2. The number of hydrogen-bond donors (Lipinski definition) is 1. The van der Waals surface area contributed by atoms with Gasteiger partial charge >= 0.3 is 0 Å². The van der Waals surface area contributed by atoms with E-state index in [9.17, 15) is 0 Å². The summed E-state index contributed by atoms with van der Waals surface area (Å²) in [6.45, 7) is 11.8. The predicted molar refractivity (Wildman–Crippen MR) is 75.0 cm³/mol. The Labute approximate surface area is 112 Å². The minimum absolute atomic E-state index is 0.175. The summed E-state index contributed by atoms with van der Waals surface area (Å²) < 4.78 is 11.0. The fraction of sp³-hybridized carbons (Fsp3) is 1.00. The summed E-state index contributed by atoms with van der Waals surface area (Å²) in [5, 5.41) is 3.59. The van der Waals surface area contributed by atoms with Crippen LogP contribution < -0.4 is 5.32 Å². The lowest BCUT2D eigenvalue weighted by molar-refractivity contribution is -0.00461. The Morgan fingerprint density at radius 1 is 1.17 bits per heavy atom. The number of rotatable bonds is 6. The van der Waals surface area contributed by atoms with E-state index in [2.05, 4.69) is 37.9 Å². The molecular weight excluding hydrogens is 228 g/mol. The second-order valence-electron chi connectivity index (χ2n) is 6.20. The van der Waals surface area contributed by atoms with Crippen molar-refractivity contribution in [1.29, 1.82) is 0 Å². The summed E-state index contributed by atoms with van der Waals surface area (Å²) in [6, 6.07) is 0.557. The van der Waals surface area contributed by atoms with E-state index in [1.54, 1.807) is 14.2 Å². The quantitative estimate of drug-likeness (QED) is 0.783. The van der Waals surface area contributed by atoms with E-state index in [1.807, 2.05) is 0 Å². The Hall–Kier alpha value is -0.160. The maximum atomic E-state index is 5.50. The summed E-state index contributed by atoms with van der Waals surface area (Å²) in [5.74, 6) is 0. The number of ether oxygens (including phenoxy) is 2. The summed E-state index contributed by atoms with van der Waals surface area (Å²) in [4.78, 5) is 2.49. The lowest BCUT2D eigenvalue weighted by Crippen LogP contribution is -2.47. The molecule has 0 aliphatic carbocycles. The van der Waals surface area contributed by atoms with Crippen molar-refractivity contribution in [3.63, 3.8) is 0 Å². The molecule has 1 aliphatic heterocycles. The molecule has 0 saturated carbocycles. The molecule has 4 heteroatoms. The number of likely N-dealkylation sites (tertiary alicyclic amines) is 1. The van der Waals surface area contributed by atoms with Gasteiger partial charge < -0.3 is 14.8 Å². The van der Waals surface area contributed by atoms with E-state index in [4.69, 9.17) is 9.47 Å². The normalized spacial score (nSPS) is 27.7. The van der Waals surface area contributed by atoms with Crippen LogP contribution in [0.1, 0.15) is 34.1 Å². The molecule has 0 bridgehead atoms. The molecule has 1 saturated heterocycles. The molecule has 0 aromatic carbocycles. The predicted octanol–water partition coefficient (Wildman–Crippen LogP) is 1.50. The molecule has 1 aliphatic rings. The third kappa shape index (κ3) is 4.50. The fourth-order valence-electron chi connectivity index (χ4n) is 2.48. The Balaban J connectivity index is 2.51. The molecule has 0 aromatic rings. The molecule has 0 spiro atoms. The molecule has 0 amide bonds. The van der Waals surface area contributed by atoms with Gasteiger partial charge in [-0.3, -0.25) is 4.90 Å². The Morgan fingerprint density at radius 3 is 2.00 bits per heavy atom. The first kappa shape index (κ1) is 15.9. The summed E-state index contributed by atoms with van der Waals surface area (Å²) in [6.07, 6.45) is 1.56. The molecule has 18 heavy (non-hydrogen) atoms. The summed E-state index contributed by atoms with van der Waals surface area (Å²) >= 11 is 0. The Kier molecular flexibility index (Phi) is 6.05. The van der Waals surface area contributed by atoms with Crippen molar-refractivity contribution in [2.75, 3.05) is 33.9 Å². The fourth-order valence-corrected chi connectivity index (χ4v) is 2.48. The van der Waals surface area contributed by atoms with Crippen molar-refractivity contribution in [1.82, 2.24) is 10.2 Å². The molecule has 0 aromatic heterocycles. The smallest absolute Gasteiger partial charge is 0.0971 e. The molecule has 1 N–H and O–H groups in total. The highest BCUT2D eigenvalue weighted by Gasteiger charge is 2.35. The molecule has 4 nitrogen and oxygen atoms in total. The third-order valence-corrected chi connectivity index (χ3v) is 3.70. The molecule has 1 heterocycles. The molecule has 1 fully saturated rings. The van der Waals surface area contributed by atoms with E-state index in [1.165, 1.54) is 0 Å². The van der Waals surface area contributed by atoms with Crippen LogP contribution >= 0.6 is 0 Å². The first-order valence-corrected chi connectivity index (χ1v) is 6.96. The second-order valence-corrected chi connectivity index (χ2v) is 6.20. The van der Waals surface area contributed by atoms with Crippen LogP contribution in [0.2, 0.25) is 0 Å². The van der Waals surface area contributed by atoms with Gasteiger partial charge in [-0.1, -0.05) is 6.92 Å². The van der Waals surface area contributed by atoms with E-state index in [0.717, 1.165) is 26.1 Å². The first-order valence-electron chi connectivity index (χ1n) is 6.96. The third-order valence-electron chi connectivity index (χ3n) is 3.70. The van der Waals surface area contributed by atoms with Crippen molar-refractivity contribution in [3.05, 3.63) is 0 Å². The van der Waals surface area contributed by atoms with Crippen LogP contribution in [0.5, 0.6) is 0 Å². The van der Waals surface area contributed by atoms with Crippen LogP contribution in [0.25, 0.3) is 0 Å². The van der Waals surface area contributed by atoms with Gasteiger partial charge in [-0.25, -0.2) is 0 Å². The lowest BCUT2D eigenvalue weighted by atomic mass is 10.1. The van der Waals surface area contributed by atoms with Crippen LogP contribution in [-0.2, 0) is 9.47 Å². The van der Waals surface area contributed by atoms with Crippen LogP contribution in [0.3, 0.4) is 0 Å². The van der Waals surface area contributed by atoms with Crippen molar-refractivity contribution >= 4 is 0 Å². The molecular formula is C14H30N2O2. The van der Waals surface area contributed by atoms with E-state index in [0.29, 0.717) is 6.04 Å². The zero-order valence-electron chi connectivity index (χ0n) is 12.8. The number of nitrogens with zero attached hydrogens (tertiary/aromatic N) is 1. The number of nitrogens with one attached hydrogen (secondary N) is 1. The maximum absolute atomic E-state index is 5.50. The van der Waals surface area contributed by atoms with E-state index in [-0.39, 0.29) is 17.7 Å². The van der Waals surface area contributed by atoms with Gasteiger partial charge in [0.05, 0.1) is 12.2 Å². The lowest BCUT2D eigenvalue weighted by Gasteiger charge is -2.30. The van der Waals surface area contributed by atoms with Crippen molar-refractivity contribution in [2.24, 2.45) is 0 Å². The minimum Gasteiger partial charge on any atom is -0.377 e. The van der Waals surface area contributed by atoms with Crippen LogP contribution in [0, 0.1) is 0 Å². The highest BCUT2D eigenvalue weighted by molar-refractivity contribution is 4.90. The maximum Gasteiger partial charge on any atom is 0.0971 e. The summed E-state index contributed by atoms with van der Waals surface area (Å²) in [7, 11) is 3.54. The van der Waals surface area contributed by atoms with Crippen LogP contribution in [0.4, 0.5) is 0 Å². The van der Waals surface area contributed by atoms with Crippen molar-refractivity contribution in [3.8, 4) is 0 Å². The van der Waals surface area contributed by atoms with Crippen LogP contribution in [0.15, 0.2) is 0 Å². The Morgan fingerprint density at radius 2 is 1.67 bits per heavy atom. The van der Waals surface area contributed by atoms with Gasteiger partial charge in [0.2, 0.25) is 0 Å². The van der Waals surface area contributed by atoms with Gasteiger partial charge in [0.25, 0.3) is 0 Å². The van der Waals surface area contributed by atoms with Gasteiger partial charge in [-0.2, -0.15) is 0 Å². The Bertz CT molecular complexity index is 228. The highest BCUT2D eigenvalue weighted by Crippen LogP contribution is 2.19. The van der Waals surface area contributed by atoms with E-state index >= 15 is 0 Å². The van der Waals surface area contributed by atoms with Gasteiger partial charge in [-0.05, 0) is 27.2 Å². The molecule has 108 valence electrons.